The van der Waals surface area contributed by atoms with Gasteiger partial charge in [0.15, 0.2) is 0 Å². The van der Waals surface area contributed by atoms with E-state index in [0.717, 1.165) is 11.8 Å². The van der Waals surface area contributed by atoms with Crippen LogP contribution in [0.1, 0.15) is 32.1 Å². The number of allylic oxidation sites excluding steroid dienone is 2. The molecule has 0 radical (unpaired) electrons. The van der Waals surface area contributed by atoms with Crippen molar-refractivity contribution in [1.29, 1.82) is 0 Å². The molecule has 0 aromatic carbocycles. The molecule has 0 nitrogen and oxygen atoms in total. The highest BCUT2D eigenvalue weighted by atomic mass is 14.4. The lowest BCUT2D eigenvalue weighted by molar-refractivity contribution is 0.605. The smallest absolute Gasteiger partial charge is 0.0202 e. The topological polar surface area (TPSA) is 0 Å². The fourth-order valence-electron chi connectivity index (χ4n) is 1.78. The molecule has 0 amide bonds. The zero-order chi connectivity index (χ0) is 6.10. The summed E-state index contributed by atoms with van der Waals surface area (Å²) in [7, 11) is 0. The molecule has 50 valence electrons. The summed E-state index contributed by atoms with van der Waals surface area (Å²) in [5.41, 5.74) is 0. The second kappa shape index (κ2) is 2.17. The molecule has 9 heavy (non-hydrogen) atoms. The predicted octanol–water partition coefficient (Wildman–Crippen LogP) is 2.75. The molecule has 0 heterocycles. The first-order valence-electron chi connectivity index (χ1n) is 4.13. The molecule has 0 N–H and O–H groups in total. The molecule has 2 atom stereocenters. The maximum absolute atomic E-state index is 2.43. The van der Waals surface area contributed by atoms with Gasteiger partial charge in [-0.3, -0.25) is 0 Å². The van der Waals surface area contributed by atoms with E-state index in [4.69, 9.17) is 0 Å². The number of rotatable bonds is 0. The van der Waals surface area contributed by atoms with Gasteiger partial charge in [0.05, 0.1) is 0 Å². The number of hydrogen-bond acceptors (Lipinski definition) is 0. The second-order valence-corrected chi connectivity index (χ2v) is 3.37. The molecule has 0 aliphatic heterocycles. The molecule has 2 rings (SSSR count). The highest BCUT2D eigenvalue weighted by Gasteiger charge is 2.33. The summed E-state index contributed by atoms with van der Waals surface area (Å²) in [5, 5.41) is 0. The Hall–Kier alpha value is -0.260. The lowest BCUT2D eigenvalue weighted by Crippen LogP contribution is -1.84. The van der Waals surface area contributed by atoms with E-state index in [2.05, 4.69) is 12.2 Å². The Kier molecular flexibility index (Phi) is 1.33. The van der Waals surface area contributed by atoms with Gasteiger partial charge in [0.1, 0.15) is 0 Å². The molecule has 1 saturated carbocycles. The third-order valence-corrected chi connectivity index (χ3v) is 2.56. The van der Waals surface area contributed by atoms with Crippen molar-refractivity contribution in [2.45, 2.75) is 32.1 Å². The number of hydrogen-bond donors (Lipinski definition) is 0. The molecular formula is C9H14. The van der Waals surface area contributed by atoms with E-state index >= 15 is 0 Å². The molecule has 1 fully saturated rings. The van der Waals surface area contributed by atoms with E-state index in [1.807, 2.05) is 0 Å². The Balaban J connectivity index is 1.95. The third kappa shape index (κ3) is 1.17. The van der Waals surface area contributed by atoms with Crippen LogP contribution in [0.3, 0.4) is 0 Å². The first kappa shape index (κ1) is 5.52. The standard InChI is InChI=1S/C9H14/c1-2-4-6-9-7-8(9)5-3-1/h3,5,8-9H,1-2,4,6-7H2/t8-,9+/m0/s1. The minimum atomic E-state index is 1.00. The second-order valence-electron chi connectivity index (χ2n) is 3.37. The Morgan fingerprint density at radius 3 is 3.22 bits per heavy atom. The van der Waals surface area contributed by atoms with E-state index in [1.54, 1.807) is 0 Å². The maximum Gasteiger partial charge on any atom is -0.0202 e. The molecule has 0 spiro atoms. The lowest BCUT2D eigenvalue weighted by Gasteiger charge is -1.99. The molecule has 0 aromatic rings. The largest absolute Gasteiger partial charge is 0.0882 e. The Labute approximate surface area is 57.0 Å². The molecule has 0 unspecified atom stereocenters. The van der Waals surface area contributed by atoms with Crippen LogP contribution in [-0.4, -0.2) is 0 Å². The molecule has 2 aliphatic rings. The van der Waals surface area contributed by atoms with Gasteiger partial charge in [-0.05, 0) is 37.5 Å². The van der Waals surface area contributed by atoms with Crippen LogP contribution in [-0.2, 0) is 0 Å². The first-order chi connectivity index (χ1) is 4.47. The minimum Gasteiger partial charge on any atom is -0.0882 e. The van der Waals surface area contributed by atoms with Crippen LogP contribution in [0.5, 0.6) is 0 Å². The van der Waals surface area contributed by atoms with Gasteiger partial charge in [-0.1, -0.05) is 18.6 Å². The first-order valence-corrected chi connectivity index (χ1v) is 4.13. The monoisotopic (exact) mass is 122 g/mol. The summed E-state index contributed by atoms with van der Waals surface area (Å²) in [6.45, 7) is 0. The van der Waals surface area contributed by atoms with Gasteiger partial charge in [-0.15, -0.1) is 0 Å². The van der Waals surface area contributed by atoms with Crippen molar-refractivity contribution in [3.63, 3.8) is 0 Å². The maximum atomic E-state index is 2.43. The van der Waals surface area contributed by atoms with Gasteiger partial charge in [0, 0.05) is 0 Å². The van der Waals surface area contributed by atoms with Gasteiger partial charge in [0.25, 0.3) is 0 Å². The summed E-state index contributed by atoms with van der Waals surface area (Å²) in [5.74, 6) is 2.10. The Morgan fingerprint density at radius 1 is 1.22 bits per heavy atom. The van der Waals surface area contributed by atoms with E-state index in [0.29, 0.717) is 0 Å². The van der Waals surface area contributed by atoms with Crippen molar-refractivity contribution in [3.05, 3.63) is 12.2 Å². The van der Waals surface area contributed by atoms with Gasteiger partial charge < -0.3 is 0 Å². The molecule has 0 bridgehead atoms. The fourth-order valence-corrected chi connectivity index (χ4v) is 1.78. The van der Waals surface area contributed by atoms with Crippen LogP contribution in [0, 0.1) is 11.8 Å². The molecule has 2 aliphatic carbocycles. The van der Waals surface area contributed by atoms with E-state index in [1.165, 1.54) is 32.1 Å². The van der Waals surface area contributed by atoms with Gasteiger partial charge in [-0.2, -0.15) is 0 Å². The van der Waals surface area contributed by atoms with Crippen molar-refractivity contribution in [2.75, 3.05) is 0 Å². The summed E-state index contributed by atoms with van der Waals surface area (Å²) < 4.78 is 0. The average Bonchev–Trinajstić information content (AvgIpc) is 2.46. The number of fused-ring (bicyclic) bond motifs is 1. The lowest BCUT2D eigenvalue weighted by atomic mass is 10.1. The Bertz CT molecular complexity index is 124. The van der Waals surface area contributed by atoms with Crippen molar-refractivity contribution in [2.24, 2.45) is 11.8 Å². The molecule has 0 heteroatoms. The van der Waals surface area contributed by atoms with Crippen LogP contribution in [0.2, 0.25) is 0 Å². The summed E-state index contributed by atoms with van der Waals surface area (Å²) >= 11 is 0. The summed E-state index contributed by atoms with van der Waals surface area (Å²) in [6, 6.07) is 0. The van der Waals surface area contributed by atoms with Crippen molar-refractivity contribution in [3.8, 4) is 0 Å². The van der Waals surface area contributed by atoms with Crippen LogP contribution in [0.15, 0.2) is 12.2 Å². The zero-order valence-electron chi connectivity index (χ0n) is 5.84. The van der Waals surface area contributed by atoms with Crippen molar-refractivity contribution >= 4 is 0 Å². The molecule has 0 aromatic heterocycles. The van der Waals surface area contributed by atoms with Crippen LogP contribution < -0.4 is 0 Å². The minimum absolute atomic E-state index is 1.00. The van der Waals surface area contributed by atoms with Crippen LogP contribution >= 0.6 is 0 Å². The van der Waals surface area contributed by atoms with Gasteiger partial charge >= 0.3 is 0 Å². The quantitative estimate of drug-likeness (QED) is 0.433. The van der Waals surface area contributed by atoms with Crippen molar-refractivity contribution < 1.29 is 0 Å². The third-order valence-electron chi connectivity index (χ3n) is 2.56. The SMILES string of the molecule is C1=C[C@H]2C[C@H]2CCCC1. The fraction of sp³-hybridized carbons (Fsp3) is 0.778. The highest BCUT2D eigenvalue weighted by molar-refractivity contribution is 5.02. The zero-order valence-corrected chi connectivity index (χ0v) is 5.84. The van der Waals surface area contributed by atoms with Crippen molar-refractivity contribution in [1.82, 2.24) is 0 Å². The Morgan fingerprint density at radius 2 is 2.22 bits per heavy atom. The molecular weight excluding hydrogens is 108 g/mol. The van der Waals surface area contributed by atoms with Gasteiger partial charge in [0.2, 0.25) is 0 Å². The summed E-state index contributed by atoms with van der Waals surface area (Å²) in [6.07, 6.45) is 12.1. The summed E-state index contributed by atoms with van der Waals surface area (Å²) in [4.78, 5) is 0. The predicted molar refractivity (Wildman–Crippen MR) is 39.2 cm³/mol. The van der Waals surface area contributed by atoms with Crippen LogP contribution in [0.25, 0.3) is 0 Å². The van der Waals surface area contributed by atoms with Gasteiger partial charge in [-0.25, -0.2) is 0 Å². The normalized spacial score (nSPS) is 40.9. The van der Waals surface area contributed by atoms with Crippen LogP contribution in [0.4, 0.5) is 0 Å². The average molecular weight is 122 g/mol. The van der Waals surface area contributed by atoms with E-state index in [-0.39, 0.29) is 0 Å². The van der Waals surface area contributed by atoms with E-state index in [9.17, 15) is 0 Å². The highest BCUT2D eigenvalue weighted by Crippen LogP contribution is 2.44. The molecule has 0 saturated heterocycles. The van der Waals surface area contributed by atoms with E-state index < -0.39 is 0 Å².